The van der Waals surface area contributed by atoms with Crippen LogP contribution in [0.2, 0.25) is 0 Å². The predicted octanol–water partition coefficient (Wildman–Crippen LogP) is 2.99. The Morgan fingerprint density at radius 2 is 2.00 bits per heavy atom. The minimum absolute atomic E-state index is 0.0677. The molecule has 1 heterocycles. The zero-order valence-electron chi connectivity index (χ0n) is 11.8. The lowest BCUT2D eigenvalue weighted by Gasteiger charge is -2.12. The highest BCUT2D eigenvalue weighted by Gasteiger charge is 2.20. The monoisotopic (exact) mass is 274 g/mol. The summed E-state index contributed by atoms with van der Waals surface area (Å²) in [6.07, 6.45) is 0. The van der Waals surface area contributed by atoms with Crippen LogP contribution in [0.25, 0.3) is 0 Å². The molecule has 0 fully saturated rings. The SMILES string of the molecule is CC(C)(C)c1cc(NC(=O)COc2ccccc2)no1. The number of hydrogen-bond acceptors (Lipinski definition) is 4. The van der Waals surface area contributed by atoms with Crippen LogP contribution in [0.3, 0.4) is 0 Å². The number of amides is 1. The molecule has 1 N–H and O–H groups in total. The highest BCUT2D eigenvalue weighted by Crippen LogP contribution is 2.24. The van der Waals surface area contributed by atoms with Crippen LogP contribution >= 0.6 is 0 Å². The first-order chi connectivity index (χ1) is 9.45. The number of aromatic nitrogens is 1. The molecule has 1 aromatic carbocycles. The zero-order valence-corrected chi connectivity index (χ0v) is 11.8. The third-order valence-electron chi connectivity index (χ3n) is 2.63. The number of benzene rings is 1. The molecule has 106 valence electrons. The van der Waals surface area contributed by atoms with Gasteiger partial charge < -0.3 is 14.6 Å². The topological polar surface area (TPSA) is 64.4 Å². The lowest BCUT2D eigenvalue weighted by molar-refractivity contribution is -0.118. The van der Waals surface area contributed by atoms with E-state index in [1.54, 1.807) is 18.2 Å². The Morgan fingerprint density at radius 3 is 2.60 bits per heavy atom. The average molecular weight is 274 g/mol. The van der Waals surface area contributed by atoms with E-state index >= 15 is 0 Å². The van der Waals surface area contributed by atoms with E-state index in [0.29, 0.717) is 11.6 Å². The maximum Gasteiger partial charge on any atom is 0.263 e. The van der Waals surface area contributed by atoms with Gasteiger partial charge in [-0.2, -0.15) is 0 Å². The molecule has 0 saturated heterocycles. The summed E-state index contributed by atoms with van der Waals surface area (Å²) in [5.74, 6) is 1.49. The maximum absolute atomic E-state index is 11.7. The van der Waals surface area contributed by atoms with Gasteiger partial charge in [0.2, 0.25) is 0 Å². The van der Waals surface area contributed by atoms with Gasteiger partial charge in [-0.15, -0.1) is 0 Å². The summed E-state index contributed by atoms with van der Waals surface area (Å²) in [6, 6.07) is 10.9. The first kappa shape index (κ1) is 14.1. The van der Waals surface area contributed by atoms with Gasteiger partial charge in [-0.05, 0) is 12.1 Å². The molecule has 0 aliphatic heterocycles. The van der Waals surface area contributed by atoms with E-state index in [1.807, 2.05) is 39.0 Å². The summed E-state index contributed by atoms with van der Waals surface area (Å²) in [5, 5.41) is 6.45. The van der Waals surface area contributed by atoms with Crippen LogP contribution in [0.1, 0.15) is 26.5 Å². The fourth-order valence-electron chi connectivity index (χ4n) is 1.53. The van der Waals surface area contributed by atoms with Crippen LogP contribution in [-0.2, 0) is 10.2 Å². The first-order valence-corrected chi connectivity index (χ1v) is 6.40. The van der Waals surface area contributed by atoms with Gasteiger partial charge in [0.15, 0.2) is 12.4 Å². The standard InChI is InChI=1S/C15H18N2O3/c1-15(2,3)12-9-13(17-20-12)16-14(18)10-19-11-7-5-4-6-8-11/h4-9H,10H2,1-3H3,(H,16,17,18). The predicted molar refractivity (Wildman–Crippen MR) is 75.8 cm³/mol. The van der Waals surface area contributed by atoms with Crippen molar-refractivity contribution >= 4 is 11.7 Å². The van der Waals surface area contributed by atoms with E-state index in [1.165, 1.54) is 0 Å². The molecule has 2 aromatic rings. The number of hydrogen-bond donors (Lipinski definition) is 1. The summed E-state index contributed by atoms with van der Waals surface area (Å²) in [6.45, 7) is 5.97. The number of carbonyl (C=O) groups excluding carboxylic acids is 1. The van der Waals surface area contributed by atoms with E-state index in [9.17, 15) is 4.79 Å². The van der Waals surface area contributed by atoms with E-state index in [0.717, 1.165) is 5.76 Å². The van der Waals surface area contributed by atoms with Crippen molar-refractivity contribution in [2.24, 2.45) is 0 Å². The summed E-state index contributed by atoms with van der Waals surface area (Å²) >= 11 is 0. The second kappa shape index (κ2) is 5.77. The van der Waals surface area contributed by atoms with Crippen molar-refractivity contribution < 1.29 is 14.1 Å². The fraction of sp³-hybridized carbons (Fsp3) is 0.333. The summed E-state index contributed by atoms with van der Waals surface area (Å²) in [4.78, 5) is 11.7. The number of carbonyl (C=O) groups is 1. The molecule has 1 aromatic heterocycles. The largest absolute Gasteiger partial charge is 0.484 e. The molecule has 0 saturated carbocycles. The molecule has 5 nitrogen and oxygen atoms in total. The van der Waals surface area contributed by atoms with E-state index in [-0.39, 0.29) is 17.9 Å². The van der Waals surface area contributed by atoms with Crippen molar-refractivity contribution in [2.75, 3.05) is 11.9 Å². The number of ether oxygens (including phenoxy) is 1. The van der Waals surface area contributed by atoms with Crippen molar-refractivity contribution in [3.8, 4) is 5.75 Å². The Balaban J connectivity index is 1.87. The van der Waals surface area contributed by atoms with Gasteiger partial charge in [0.05, 0.1) is 0 Å². The highest BCUT2D eigenvalue weighted by atomic mass is 16.5. The summed E-state index contributed by atoms with van der Waals surface area (Å²) < 4.78 is 10.5. The minimum atomic E-state index is -0.275. The number of rotatable bonds is 4. The van der Waals surface area contributed by atoms with Crippen LogP contribution in [0.4, 0.5) is 5.82 Å². The molecule has 0 unspecified atom stereocenters. The van der Waals surface area contributed by atoms with Crippen LogP contribution in [-0.4, -0.2) is 17.7 Å². The molecule has 5 heteroatoms. The molecule has 1 amide bonds. The molecule has 0 atom stereocenters. The van der Waals surface area contributed by atoms with Gasteiger partial charge in [-0.25, -0.2) is 0 Å². The highest BCUT2D eigenvalue weighted by molar-refractivity contribution is 5.90. The molecular formula is C15H18N2O3. The molecule has 20 heavy (non-hydrogen) atoms. The Hall–Kier alpha value is -2.30. The third-order valence-corrected chi connectivity index (χ3v) is 2.63. The molecule has 0 spiro atoms. The quantitative estimate of drug-likeness (QED) is 0.930. The van der Waals surface area contributed by atoms with Gasteiger partial charge in [0, 0.05) is 11.5 Å². The summed E-state index contributed by atoms with van der Waals surface area (Å²) in [7, 11) is 0. The van der Waals surface area contributed by atoms with E-state index in [4.69, 9.17) is 9.26 Å². The number of para-hydroxylation sites is 1. The second-order valence-electron chi connectivity index (χ2n) is 5.48. The third kappa shape index (κ3) is 3.85. The smallest absolute Gasteiger partial charge is 0.263 e. The molecular weight excluding hydrogens is 256 g/mol. The van der Waals surface area contributed by atoms with Crippen molar-refractivity contribution in [3.63, 3.8) is 0 Å². The van der Waals surface area contributed by atoms with Crippen LogP contribution in [0.5, 0.6) is 5.75 Å². The van der Waals surface area contributed by atoms with Crippen molar-refractivity contribution in [2.45, 2.75) is 26.2 Å². The lowest BCUT2D eigenvalue weighted by atomic mass is 9.93. The maximum atomic E-state index is 11.7. The first-order valence-electron chi connectivity index (χ1n) is 6.40. The van der Waals surface area contributed by atoms with Crippen molar-refractivity contribution in [3.05, 3.63) is 42.2 Å². The second-order valence-corrected chi connectivity index (χ2v) is 5.48. The summed E-state index contributed by atoms with van der Waals surface area (Å²) in [5.41, 5.74) is -0.142. The molecule has 0 aliphatic carbocycles. The molecule has 2 rings (SSSR count). The van der Waals surface area contributed by atoms with Crippen molar-refractivity contribution in [1.82, 2.24) is 5.16 Å². The Labute approximate surface area is 117 Å². The van der Waals surface area contributed by atoms with E-state index in [2.05, 4.69) is 10.5 Å². The average Bonchev–Trinajstić information content (AvgIpc) is 2.86. The lowest BCUT2D eigenvalue weighted by Crippen LogP contribution is -2.20. The van der Waals surface area contributed by atoms with Crippen molar-refractivity contribution in [1.29, 1.82) is 0 Å². The van der Waals surface area contributed by atoms with Crippen LogP contribution in [0.15, 0.2) is 40.9 Å². The fourth-order valence-corrected chi connectivity index (χ4v) is 1.53. The van der Waals surface area contributed by atoms with E-state index < -0.39 is 0 Å². The normalized spacial score (nSPS) is 11.2. The Morgan fingerprint density at radius 1 is 1.30 bits per heavy atom. The van der Waals surface area contributed by atoms with Crippen LogP contribution < -0.4 is 10.1 Å². The Bertz CT molecular complexity index is 570. The zero-order chi connectivity index (χ0) is 14.6. The van der Waals surface area contributed by atoms with Crippen LogP contribution in [0, 0.1) is 0 Å². The van der Waals surface area contributed by atoms with Gasteiger partial charge >= 0.3 is 0 Å². The Kier molecular flexibility index (Phi) is 4.08. The molecule has 0 bridgehead atoms. The van der Waals surface area contributed by atoms with Gasteiger partial charge in [0.1, 0.15) is 11.5 Å². The van der Waals surface area contributed by atoms with Gasteiger partial charge in [-0.3, -0.25) is 4.79 Å². The number of anilines is 1. The number of nitrogens with zero attached hydrogens (tertiary/aromatic N) is 1. The molecule has 0 radical (unpaired) electrons. The van der Waals surface area contributed by atoms with Gasteiger partial charge in [-0.1, -0.05) is 44.1 Å². The molecule has 0 aliphatic rings. The minimum Gasteiger partial charge on any atom is -0.484 e. The number of nitrogens with one attached hydrogen (secondary N) is 1. The van der Waals surface area contributed by atoms with Gasteiger partial charge in [0.25, 0.3) is 5.91 Å².